The van der Waals surface area contributed by atoms with Gasteiger partial charge in [-0.05, 0) is 0 Å². The molecule has 0 atom stereocenters. The van der Waals surface area contributed by atoms with Crippen LogP contribution in [-0.4, -0.2) is 0 Å². The van der Waals surface area contributed by atoms with Gasteiger partial charge in [0.15, 0.2) is 81.4 Å². The molecule has 0 spiro atoms. The molecule has 4 aromatic carbocycles. The smallest absolute Gasteiger partial charge is 0.179 e. The molecule has 4 aromatic rings. The second-order valence-corrected chi connectivity index (χ2v) is 10.7. The number of rotatable bonds is 5. The van der Waals surface area contributed by atoms with Gasteiger partial charge in [0, 0.05) is 0 Å². The maximum Gasteiger partial charge on any atom is 0.179 e. The Labute approximate surface area is 264 Å². The first-order chi connectivity index (χ1) is 22.5. The molecule has 0 amide bonds. The van der Waals surface area contributed by atoms with Gasteiger partial charge in [-0.2, -0.15) is 21.0 Å². The van der Waals surface area contributed by atoms with Gasteiger partial charge in [0.25, 0.3) is 0 Å². The van der Waals surface area contributed by atoms with Gasteiger partial charge in [0.2, 0.25) is 0 Å². The van der Waals surface area contributed by atoms with Crippen LogP contribution in [-0.2, 0) is 0 Å². The van der Waals surface area contributed by atoms with Gasteiger partial charge < -0.3 is 0 Å². The van der Waals surface area contributed by atoms with Gasteiger partial charge in [-0.3, -0.25) is 0 Å². The highest BCUT2D eigenvalue weighted by atomic mass is 32.2. The van der Waals surface area contributed by atoms with Crippen LogP contribution < -0.4 is 0 Å². The van der Waals surface area contributed by atoms with E-state index >= 15 is 17.6 Å². The summed E-state index contributed by atoms with van der Waals surface area (Å²) in [6.07, 6.45) is 0. The molecule has 0 aliphatic heterocycles. The highest BCUT2D eigenvalue weighted by Crippen LogP contribution is 2.46. The monoisotopic (exact) mass is 722 g/mol. The minimum absolute atomic E-state index is 0.942. The number of nitrogens with zero attached hydrogens (tertiary/aromatic N) is 4. The number of halogens is 14. The maximum atomic E-state index is 15.1. The van der Waals surface area contributed by atoms with E-state index in [2.05, 4.69) is 0 Å². The van der Waals surface area contributed by atoms with Crippen LogP contribution in [0.3, 0.4) is 0 Å². The summed E-state index contributed by atoms with van der Waals surface area (Å²) in [4.78, 5) is -7.84. The molecular formula is C28F14N4S2. The number of benzene rings is 4. The minimum atomic E-state index is -2.87. The van der Waals surface area contributed by atoms with Crippen LogP contribution in [0.2, 0.25) is 0 Å². The third-order valence-electron chi connectivity index (χ3n) is 6.11. The van der Waals surface area contributed by atoms with E-state index in [1.54, 1.807) is 0 Å². The molecule has 20 heteroatoms. The Kier molecular flexibility index (Phi) is 9.58. The van der Waals surface area contributed by atoms with Crippen molar-refractivity contribution in [3.05, 3.63) is 104 Å². The molecule has 0 saturated heterocycles. The summed E-state index contributed by atoms with van der Waals surface area (Å²) in [7, 11) is 0. The van der Waals surface area contributed by atoms with Gasteiger partial charge in [-0.25, -0.2) is 61.5 Å². The van der Waals surface area contributed by atoms with Crippen LogP contribution >= 0.6 is 23.5 Å². The molecule has 0 aromatic heterocycles. The quantitative estimate of drug-likeness (QED) is 0.151. The van der Waals surface area contributed by atoms with Crippen molar-refractivity contribution in [1.82, 2.24) is 0 Å². The van der Waals surface area contributed by atoms with Crippen LogP contribution in [0.1, 0.15) is 22.3 Å². The number of nitriles is 4. The Morgan fingerprint density at radius 1 is 0.271 bits per heavy atom. The topological polar surface area (TPSA) is 95.2 Å². The summed E-state index contributed by atoms with van der Waals surface area (Å²) in [6.45, 7) is 0. The molecule has 0 bridgehead atoms. The first-order valence-corrected chi connectivity index (χ1v) is 13.2. The highest BCUT2D eigenvalue weighted by Gasteiger charge is 2.37. The first kappa shape index (κ1) is 35.4. The molecule has 4 nitrogen and oxygen atoms in total. The molecule has 0 unspecified atom stereocenters. The van der Waals surface area contributed by atoms with Crippen molar-refractivity contribution in [1.29, 1.82) is 21.0 Å². The molecule has 48 heavy (non-hydrogen) atoms. The molecule has 0 N–H and O–H groups in total. The van der Waals surface area contributed by atoms with Crippen molar-refractivity contribution in [3.63, 3.8) is 0 Å². The lowest BCUT2D eigenvalue weighted by atomic mass is 10.0. The SMILES string of the molecule is N#Cc1c(F)c(F)c(Sc2c(F)c(F)c(-c3c(F)c(F)c(Sc4c(F)c(F)c(C#N)c(C#N)c4F)c(F)c3F)c(F)c2F)c(F)c1C#N. The van der Waals surface area contributed by atoms with Crippen molar-refractivity contribution in [2.24, 2.45) is 0 Å². The summed E-state index contributed by atoms with van der Waals surface area (Å²) >= 11 is -1.89. The molecule has 0 fully saturated rings. The predicted octanol–water partition coefficient (Wildman–Crippen LogP) is 9.09. The van der Waals surface area contributed by atoms with Crippen molar-refractivity contribution in [3.8, 4) is 35.4 Å². The fourth-order valence-electron chi connectivity index (χ4n) is 3.92. The van der Waals surface area contributed by atoms with E-state index < -0.39 is 158 Å². The zero-order valence-corrected chi connectivity index (χ0v) is 23.5. The largest absolute Gasteiger partial charge is 0.204 e. The lowest BCUT2D eigenvalue weighted by Gasteiger charge is -2.16. The second-order valence-electron chi connectivity index (χ2n) is 8.61. The third-order valence-corrected chi connectivity index (χ3v) is 8.36. The molecule has 4 rings (SSSR count). The average Bonchev–Trinajstić information content (AvgIpc) is 3.06. The van der Waals surface area contributed by atoms with Gasteiger partial charge in [-0.15, -0.1) is 0 Å². The minimum Gasteiger partial charge on any atom is -0.204 e. The van der Waals surface area contributed by atoms with Crippen LogP contribution in [0.5, 0.6) is 0 Å². The third kappa shape index (κ3) is 5.19. The number of hydrogen-bond acceptors (Lipinski definition) is 6. The van der Waals surface area contributed by atoms with E-state index in [9.17, 15) is 43.9 Å². The fourth-order valence-corrected chi connectivity index (χ4v) is 5.79. The predicted molar refractivity (Wildman–Crippen MR) is 131 cm³/mol. The van der Waals surface area contributed by atoms with Crippen molar-refractivity contribution in [2.45, 2.75) is 19.6 Å². The lowest BCUT2D eigenvalue weighted by molar-refractivity contribution is 0.414. The van der Waals surface area contributed by atoms with E-state index in [4.69, 9.17) is 21.0 Å². The fraction of sp³-hybridized carbons (Fsp3) is 0. The van der Waals surface area contributed by atoms with E-state index in [-0.39, 0.29) is 0 Å². The molecule has 0 aliphatic rings. The van der Waals surface area contributed by atoms with Gasteiger partial charge >= 0.3 is 0 Å². The Bertz CT molecular complexity index is 2080. The van der Waals surface area contributed by atoms with Crippen LogP contribution in [0.4, 0.5) is 61.5 Å². The van der Waals surface area contributed by atoms with E-state index in [0.717, 1.165) is 24.3 Å². The zero-order chi connectivity index (χ0) is 36.1. The second kappa shape index (κ2) is 13.0. The normalized spacial score (nSPS) is 10.8. The Morgan fingerprint density at radius 3 is 0.688 bits per heavy atom. The van der Waals surface area contributed by atoms with Crippen molar-refractivity contribution >= 4 is 23.5 Å². The van der Waals surface area contributed by atoms with Crippen molar-refractivity contribution < 1.29 is 61.5 Å². The molecule has 0 saturated carbocycles. The standard InChI is InChI=1S/C28F14N4S2/c29-11-5(1-43)7(3-45)13(31)25(19(11)37)47-27-21(39)15(33)9(16(34)22(27)40)10-17(35)23(41)28(24(42)18(10)36)48-26-14(32)8(4-46)6(2-44)12(30)20(26)38. The average molecular weight is 722 g/mol. The molecule has 0 radical (unpaired) electrons. The highest BCUT2D eigenvalue weighted by molar-refractivity contribution is 7.99. The molecule has 0 heterocycles. The summed E-state index contributed by atoms with van der Waals surface area (Å²) < 4.78 is 207. The van der Waals surface area contributed by atoms with Gasteiger partial charge in [-0.1, -0.05) is 23.5 Å². The summed E-state index contributed by atoms with van der Waals surface area (Å²) in [5.74, 6) is -35.9. The van der Waals surface area contributed by atoms with Gasteiger partial charge in [0.1, 0.15) is 46.5 Å². The Hall–Kier alpha value is -5.44. The molecular weight excluding hydrogens is 722 g/mol. The lowest BCUT2D eigenvalue weighted by Crippen LogP contribution is -2.10. The summed E-state index contributed by atoms with van der Waals surface area (Å²) in [6, 6.07) is 3.80. The summed E-state index contributed by atoms with van der Waals surface area (Å²) in [5.41, 5.74) is -11.0. The summed E-state index contributed by atoms with van der Waals surface area (Å²) in [5, 5.41) is 35.6. The van der Waals surface area contributed by atoms with Crippen LogP contribution in [0, 0.1) is 127 Å². The van der Waals surface area contributed by atoms with Crippen LogP contribution in [0.15, 0.2) is 19.6 Å². The van der Waals surface area contributed by atoms with E-state index in [1.807, 2.05) is 0 Å². The van der Waals surface area contributed by atoms with Crippen molar-refractivity contribution in [2.75, 3.05) is 0 Å². The zero-order valence-electron chi connectivity index (χ0n) is 21.9. The Morgan fingerprint density at radius 2 is 0.458 bits per heavy atom. The molecule has 242 valence electrons. The number of hydrogen-bond donors (Lipinski definition) is 0. The van der Waals surface area contributed by atoms with E-state index in [1.165, 1.54) is 0 Å². The first-order valence-electron chi connectivity index (χ1n) is 11.6. The van der Waals surface area contributed by atoms with Gasteiger partial charge in [0.05, 0.1) is 30.7 Å². The maximum absolute atomic E-state index is 15.1. The molecule has 0 aliphatic carbocycles. The van der Waals surface area contributed by atoms with E-state index in [0.29, 0.717) is 0 Å². The van der Waals surface area contributed by atoms with Crippen LogP contribution in [0.25, 0.3) is 11.1 Å². The Balaban J connectivity index is 1.94.